The topological polar surface area (TPSA) is 78.1 Å². The van der Waals surface area contributed by atoms with Crippen LogP contribution in [0.1, 0.15) is 30.3 Å². The van der Waals surface area contributed by atoms with E-state index in [1.807, 2.05) is 6.92 Å². The molecule has 1 aromatic rings. The quantitative estimate of drug-likeness (QED) is 0.729. The molecule has 0 aliphatic carbocycles. The zero-order valence-corrected chi connectivity index (χ0v) is 9.64. The first-order chi connectivity index (χ1) is 7.70. The summed E-state index contributed by atoms with van der Waals surface area (Å²) in [7, 11) is 1.48. The summed E-state index contributed by atoms with van der Waals surface area (Å²) in [4.78, 5) is 20.0. The number of carbonyl (C=O) groups is 1. The fourth-order valence-electron chi connectivity index (χ4n) is 1.43. The molecule has 0 saturated heterocycles. The van der Waals surface area contributed by atoms with Gasteiger partial charge in [0.1, 0.15) is 0 Å². The Morgan fingerprint density at radius 1 is 1.50 bits per heavy atom. The van der Waals surface area contributed by atoms with Crippen LogP contribution in [0.3, 0.4) is 0 Å². The summed E-state index contributed by atoms with van der Waals surface area (Å²) in [6.07, 6.45) is 4.58. The second-order valence-corrected chi connectivity index (χ2v) is 3.61. The molecular formula is C11H17N3O2. The van der Waals surface area contributed by atoms with Crippen LogP contribution in [0.4, 0.5) is 0 Å². The van der Waals surface area contributed by atoms with Gasteiger partial charge in [0, 0.05) is 18.3 Å². The summed E-state index contributed by atoms with van der Waals surface area (Å²) >= 11 is 0. The molecule has 1 rings (SSSR count). The normalized spacial score (nSPS) is 12.2. The molecular weight excluding hydrogens is 206 g/mol. The van der Waals surface area contributed by atoms with Gasteiger partial charge >= 0.3 is 0 Å². The third kappa shape index (κ3) is 3.00. The highest BCUT2D eigenvalue weighted by Crippen LogP contribution is 2.18. The lowest BCUT2D eigenvalue weighted by molar-refractivity contribution is 0.0913. The van der Waals surface area contributed by atoms with Gasteiger partial charge in [-0.05, 0) is 19.4 Å². The molecule has 0 bridgehead atoms. The summed E-state index contributed by atoms with van der Waals surface area (Å²) in [5.41, 5.74) is 5.71. The number of aromatic nitrogens is 2. The van der Waals surface area contributed by atoms with Gasteiger partial charge in [-0.1, -0.05) is 6.92 Å². The van der Waals surface area contributed by atoms with Crippen LogP contribution in [0.5, 0.6) is 5.88 Å². The maximum atomic E-state index is 12.0. The Bertz CT molecular complexity index is 355. The average Bonchev–Trinajstić information content (AvgIpc) is 2.34. The molecule has 1 unspecified atom stereocenters. The van der Waals surface area contributed by atoms with Crippen molar-refractivity contribution in [1.82, 2.24) is 9.97 Å². The summed E-state index contributed by atoms with van der Waals surface area (Å²) in [5.74, 6) is 0.139. The summed E-state index contributed by atoms with van der Waals surface area (Å²) in [6.45, 7) is 2.46. The lowest BCUT2D eigenvalue weighted by Gasteiger charge is -2.10. The van der Waals surface area contributed by atoms with E-state index in [9.17, 15) is 4.79 Å². The van der Waals surface area contributed by atoms with Crippen molar-refractivity contribution < 1.29 is 9.53 Å². The van der Waals surface area contributed by atoms with Gasteiger partial charge in [0.2, 0.25) is 5.88 Å². The molecule has 0 fully saturated rings. The second-order valence-electron chi connectivity index (χ2n) is 3.61. The Morgan fingerprint density at radius 2 is 2.19 bits per heavy atom. The molecule has 1 aromatic heterocycles. The lowest BCUT2D eigenvalue weighted by atomic mass is 9.98. The van der Waals surface area contributed by atoms with Crippen LogP contribution in [0, 0.1) is 5.92 Å². The number of nitrogens with two attached hydrogens (primary N) is 1. The first-order valence-electron chi connectivity index (χ1n) is 5.30. The van der Waals surface area contributed by atoms with Crippen molar-refractivity contribution in [3.05, 3.63) is 18.1 Å². The predicted molar refractivity (Wildman–Crippen MR) is 60.4 cm³/mol. The maximum absolute atomic E-state index is 12.0. The maximum Gasteiger partial charge on any atom is 0.243 e. The molecule has 0 saturated carbocycles. The van der Waals surface area contributed by atoms with Crippen molar-refractivity contribution in [2.45, 2.75) is 19.8 Å². The molecule has 16 heavy (non-hydrogen) atoms. The fourth-order valence-corrected chi connectivity index (χ4v) is 1.43. The van der Waals surface area contributed by atoms with Crippen LogP contribution in [0.25, 0.3) is 0 Å². The van der Waals surface area contributed by atoms with Crippen LogP contribution >= 0.6 is 0 Å². The highest BCUT2D eigenvalue weighted by molar-refractivity contribution is 5.97. The Kier molecular flexibility index (Phi) is 4.85. The highest BCUT2D eigenvalue weighted by atomic mass is 16.5. The number of methoxy groups -OCH3 is 1. The van der Waals surface area contributed by atoms with Crippen molar-refractivity contribution >= 4 is 5.78 Å². The van der Waals surface area contributed by atoms with Gasteiger partial charge in [-0.3, -0.25) is 4.79 Å². The number of rotatable bonds is 6. The molecule has 0 aliphatic rings. The average molecular weight is 223 g/mol. The van der Waals surface area contributed by atoms with E-state index in [1.54, 1.807) is 0 Å². The number of ketones is 1. The minimum absolute atomic E-state index is 0.0431. The molecule has 1 atom stereocenters. The van der Waals surface area contributed by atoms with Gasteiger partial charge in [-0.25, -0.2) is 9.97 Å². The molecule has 0 aliphatic heterocycles. The number of carbonyl (C=O) groups excluding carboxylic acids is 1. The van der Waals surface area contributed by atoms with Gasteiger partial charge in [0.05, 0.1) is 7.11 Å². The predicted octanol–water partition coefficient (Wildman–Crippen LogP) is 1.04. The first-order valence-corrected chi connectivity index (χ1v) is 5.30. The Balaban J connectivity index is 2.79. The number of hydrogen-bond acceptors (Lipinski definition) is 5. The third-order valence-electron chi connectivity index (χ3n) is 2.38. The van der Waals surface area contributed by atoms with Crippen molar-refractivity contribution in [3.63, 3.8) is 0 Å². The van der Waals surface area contributed by atoms with E-state index >= 15 is 0 Å². The van der Waals surface area contributed by atoms with Crippen molar-refractivity contribution in [2.24, 2.45) is 11.7 Å². The second kappa shape index (κ2) is 6.17. The van der Waals surface area contributed by atoms with E-state index in [1.165, 1.54) is 19.5 Å². The van der Waals surface area contributed by atoms with Gasteiger partial charge < -0.3 is 10.5 Å². The van der Waals surface area contributed by atoms with Crippen LogP contribution < -0.4 is 10.5 Å². The Hall–Kier alpha value is -1.49. The number of Topliss-reactive ketones (excluding diaryl/α,β-unsaturated/α-hetero) is 1. The number of hydrogen-bond donors (Lipinski definition) is 1. The molecule has 88 valence electrons. The van der Waals surface area contributed by atoms with Gasteiger partial charge in [-0.15, -0.1) is 0 Å². The summed E-state index contributed by atoms with van der Waals surface area (Å²) in [5, 5.41) is 0. The summed E-state index contributed by atoms with van der Waals surface area (Å²) < 4.78 is 5.00. The largest absolute Gasteiger partial charge is 0.479 e. The van der Waals surface area contributed by atoms with E-state index in [0.29, 0.717) is 12.2 Å². The zero-order valence-electron chi connectivity index (χ0n) is 9.64. The van der Waals surface area contributed by atoms with Crippen molar-refractivity contribution in [2.75, 3.05) is 13.7 Å². The minimum atomic E-state index is -0.103. The molecule has 0 spiro atoms. The SMILES string of the molecule is COc1nccnc1C(=O)C(C)CCCN. The Morgan fingerprint density at radius 3 is 2.81 bits per heavy atom. The molecule has 5 heteroatoms. The van der Waals surface area contributed by atoms with Gasteiger partial charge in [0.15, 0.2) is 11.5 Å². The van der Waals surface area contributed by atoms with E-state index in [-0.39, 0.29) is 17.6 Å². The zero-order chi connectivity index (χ0) is 12.0. The van der Waals surface area contributed by atoms with Gasteiger partial charge in [-0.2, -0.15) is 0 Å². The van der Waals surface area contributed by atoms with E-state index < -0.39 is 0 Å². The van der Waals surface area contributed by atoms with Crippen molar-refractivity contribution in [3.8, 4) is 5.88 Å². The van der Waals surface area contributed by atoms with Gasteiger partial charge in [0.25, 0.3) is 0 Å². The van der Waals surface area contributed by atoms with E-state index in [2.05, 4.69) is 9.97 Å². The van der Waals surface area contributed by atoms with Crippen LogP contribution in [-0.4, -0.2) is 29.4 Å². The third-order valence-corrected chi connectivity index (χ3v) is 2.38. The Labute approximate surface area is 95.0 Å². The molecule has 0 amide bonds. The monoisotopic (exact) mass is 223 g/mol. The first kappa shape index (κ1) is 12.6. The van der Waals surface area contributed by atoms with Crippen LogP contribution in [0.2, 0.25) is 0 Å². The van der Waals surface area contributed by atoms with E-state index in [0.717, 1.165) is 12.8 Å². The molecule has 1 heterocycles. The summed E-state index contributed by atoms with van der Waals surface area (Å²) in [6, 6.07) is 0. The molecule has 0 aromatic carbocycles. The molecule has 0 radical (unpaired) electrons. The molecule has 5 nitrogen and oxygen atoms in total. The number of nitrogens with zero attached hydrogens (tertiary/aromatic N) is 2. The van der Waals surface area contributed by atoms with Crippen LogP contribution in [0.15, 0.2) is 12.4 Å². The highest BCUT2D eigenvalue weighted by Gasteiger charge is 2.20. The fraction of sp³-hybridized carbons (Fsp3) is 0.545. The lowest BCUT2D eigenvalue weighted by Crippen LogP contribution is -2.16. The standard InChI is InChI=1S/C11H17N3O2/c1-8(4-3-5-12)10(15)9-11(16-2)14-7-6-13-9/h6-8H,3-5,12H2,1-2H3. The van der Waals surface area contributed by atoms with Crippen molar-refractivity contribution in [1.29, 1.82) is 0 Å². The van der Waals surface area contributed by atoms with E-state index in [4.69, 9.17) is 10.5 Å². The van der Waals surface area contributed by atoms with Crippen LogP contribution in [-0.2, 0) is 0 Å². The minimum Gasteiger partial charge on any atom is -0.479 e. The molecule has 2 N–H and O–H groups in total. The number of ether oxygens (including phenoxy) is 1. The smallest absolute Gasteiger partial charge is 0.243 e.